The first-order valence-corrected chi connectivity index (χ1v) is 11.2. The van der Waals surface area contributed by atoms with Crippen LogP contribution in [-0.2, 0) is 6.42 Å². The number of hydrogen-bond acceptors (Lipinski definition) is 0. The molecule has 0 amide bonds. The zero-order valence-corrected chi connectivity index (χ0v) is 13.0. The Hall–Kier alpha value is 0.307. The first kappa shape index (κ1) is 13.7. The number of rotatable bonds is 3. The van der Waals surface area contributed by atoms with E-state index in [0.717, 1.165) is 19.3 Å². The van der Waals surface area contributed by atoms with Crippen molar-refractivity contribution in [3.63, 3.8) is 0 Å². The van der Waals surface area contributed by atoms with Gasteiger partial charge in [0.1, 0.15) is 0 Å². The molecule has 17 heavy (non-hydrogen) atoms. The summed E-state index contributed by atoms with van der Waals surface area (Å²) in [5.41, 5.74) is 1.30. The second-order valence-electron chi connectivity index (χ2n) is 5.00. The van der Waals surface area contributed by atoms with Gasteiger partial charge < -0.3 is 0 Å². The van der Waals surface area contributed by atoms with Crippen molar-refractivity contribution in [3.8, 4) is 0 Å². The minimum Gasteiger partial charge on any atom is -0.125 e. The van der Waals surface area contributed by atoms with Crippen LogP contribution in [0.5, 0.6) is 0 Å². The smallest absolute Gasteiger partial charge is 0.125 e. The first-order chi connectivity index (χ1) is 8.04. The Bertz CT molecular complexity index is 353. The summed E-state index contributed by atoms with van der Waals surface area (Å²) in [4.78, 5) is 0. The van der Waals surface area contributed by atoms with Gasteiger partial charge in [0, 0.05) is 5.04 Å². The SMILES string of the molecule is Cl[Si](Cl)(Cl)C1(Cc2ccccc2)CCCCC1. The molecule has 0 radical (unpaired) electrons. The molecule has 1 aliphatic carbocycles. The van der Waals surface area contributed by atoms with Crippen LogP contribution < -0.4 is 0 Å². The molecule has 0 N–H and O–H groups in total. The van der Waals surface area contributed by atoms with Gasteiger partial charge in [-0.05, 0) is 24.8 Å². The molecule has 0 bridgehead atoms. The molecule has 1 aromatic rings. The monoisotopic (exact) mass is 306 g/mol. The summed E-state index contributed by atoms with van der Waals surface area (Å²) < 4.78 is 0. The second kappa shape index (κ2) is 5.52. The molecule has 1 aliphatic rings. The highest BCUT2D eigenvalue weighted by Crippen LogP contribution is 2.57. The predicted octanol–water partition coefficient (Wildman–Crippen LogP) is 5.59. The van der Waals surface area contributed by atoms with Gasteiger partial charge in [0.25, 0.3) is 0 Å². The third-order valence-corrected chi connectivity index (χ3v) is 9.28. The van der Waals surface area contributed by atoms with E-state index in [-0.39, 0.29) is 5.04 Å². The van der Waals surface area contributed by atoms with Crippen molar-refractivity contribution in [2.24, 2.45) is 0 Å². The average molecular weight is 308 g/mol. The highest BCUT2D eigenvalue weighted by Gasteiger charge is 2.51. The Kier molecular flexibility index (Phi) is 4.46. The largest absolute Gasteiger partial charge is 0.347 e. The number of benzene rings is 1. The standard InChI is InChI=1S/C13H17Cl3Si/c14-17(15,16)13(9-5-2-6-10-13)11-12-7-3-1-4-8-12/h1,3-4,7-8H,2,5-6,9-11H2. The van der Waals surface area contributed by atoms with Crippen LogP contribution >= 0.6 is 33.2 Å². The molecule has 1 fully saturated rings. The number of hydrogen-bond donors (Lipinski definition) is 0. The maximum Gasteiger partial charge on any atom is 0.347 e. The molecule has 0 heterocycles. The summed E-state index contributed by atoms with van der Waals surface area (Å²) in [5, 5.41) is -0.0444. The maximum absolute atomic E-state index is 6.39. The van der Waals surface area contributed by atoms with Crippen LogP contribution in [0.25, 0.3) is 0 Å². The average Bonchev–Trinajstić information content (AvgIpc) is 2.30. The van der Waals surface area contributed by atoms with Gasteiger partial charge in [0.2, 0.25) is 0 Å². The topological polar surface area (TPSA) is 0 Å². The summed E-state index contributed by atoms with van der Waals surface area (Å²) in [6, 6.07) is 7.76. The van der Waals surface area contributed by atoms with Gasteiger partial charge in [-0.1, -0.05) is 49.6 Å². The van der Waals surface area contributed by atoms with E-state index in [0.29, 0.717) is 0 Å². The van der Waals surface area contributed by atoms with Crippen LogP contribution in [0.15, 0.2) is 30.3 Å². The first-order valence-electron chi connectivity index (χ1n) is 6.14. The van der Waals surface area contributed by atoms with Gasteiger partial charge in [-0.25, -0.2) is 0 Å². The van der Waals surface area contributed by atoms with E-state index >= 15 is 0 Å². The second-order valence-corrected chi connectivity index (χ2v) is 13.9. The molecule has 94 valence electrons. The van der Waals surface area contributed by atoms with Crippen LogP contribution in [0.1, 0.15) is 37.7 Å². The Morgan fingerprint density at radius 1 is 0.941 bits per heavy atom. The lowest BCUT2D eigenvalue weighted by Gasteiger charge is -2.41. The molecule has 0 nitrogen and oxygen atoms in total. The van der Waals surface area contributed by atoms with Gasteiger partial charge in [-0.2, -0.15) is 0 Å². The molecule has 2 rings (SSSR count). The Labute approximate surface area is 118 Å². The van der Waals surface area contributed by atoms with Gasteiger partial charge >= 0.3 is 6.00 Å². The van der Waals surface area contributed by atoms with Crippen molar-refractivity contribution in [1.29, 1.82) is 0 Å². The van der Waals surface area contributed by atoms with Crippen molar-refractivity contribution in [2.75, 3.05) is 0 Å². The highest BCUT2D eigenvalue weighted by molar-refractivity contribution is 7.65. The van der Waals surface area contributed by atoms with E-state index in [4.69, 9.17) is 33.2 Å². The van der Waals surface area contributed by atoms with Crippen LogP contribution in [0.4, 0.5) is 0 Å². The molecule has 0 spiro atoms. The van der Waals surface area contributed by atoms with Crippen LogP contribution in [-0.4, -0.2) is 6.00 Å². The van der Waals surface area contributed by atoms with E-state index in [1.165, 1.54) is 24.8 Å². The predicted molar refractivity (Wildman–Crippen MR) is 79.2 cm³/mol. The number of halogens is 3. The van der Waals surface area contributed by atoms with Crippen molar-refractivity contribution >= 4 is 39.2 Å². The van der Waals surface area contributed by atoms with E-state index in [1.54, 1.807) is 0 Å². The normalized spacial score (nSPS) is 20.2. The Balaban J connectivity index is 2.22. The van der Waals surface area contributed by atoms with Gasteiger partial charge in [0.05, 0.1) is 0 Å². The van der Waals surface area contributed by atoms with Crippen molar-refractivity contribution in [3.05, 3.63) is 35.9 Å². The Morgan fingerprint density at radius 2 is 1.53 bits per heavy atom. The van der Waals surface area contributed by atoms with E-state index < -0.39 is 6.00 Å². The maximum atomic E-state index is 6.39. The van der Waals surface area contributed by atoms with Gasteiger partial charge in [-0.15, -0.1) is 33.2 Å². The molecule has 0 unspecified atom stereocenters. The molecule has 0 saturated heterocycles. The third-order valence-electron chi connectivity index (χ3n) is 3.80. The lowest BCUT2D eigenvalue weighted by atomic mass is 9.83. The molecule has 1 aromatic carbocycles. The summed E-state index contributed by atoms with van der Waals surface area (Å²) >= 11 is 19.2. The molecular weight excluding hydrogens is 291 g/mol. The fraction of sp³-hybridized carbons (Fsp3) is 0.538. The Morgan fingerprint density at radius 3 is 2.06 bits per heavy atom. The molecule has 0 atom stereocenters. The summed E-state index contributed by atoms with van der Waals surface area (Å²) in [6.07, 6.45) is 6.76. The van der Waals surface area contributed by atoms with Crippen LogP contribution in [0.3, 0.4) is 0 Å². The lowest BCUT2D eigenvalue weighted by molar-refractivity contribution is 0.371. The molecule has 1 saturated carbocycles. The molecular formula is C13H17Cl3Si. The summed E-state index contributed by atoms with van der Waals surface area (Å²) in [7, 11) is 0. The van der Waals surface area contributed by atoms with Crippen molar-refractivity contribution in [1.82, 2.24) is 0 Å². The van der Waals surface area contributed by atoms with E-state index in [1.807, 2.05) is 6.07 Å². The molecule has 0 aliphatic heterocycles. The summed E-state index contributed by atoms with van der Waals surface area (Å²) in [5.74, 6) is 0. The van der Waals surface area contributed by atoms with E-state index in [9.17, 15) is 0 Å². The van der Waals surface area contributed by atoms with Crippen molar-refractivity contribution in [2.45, 2.75) is 43.6 Å². The van der Waals surface area contributed by atoms with Crippen LogP contribution in [0.2, 0.25) is 5.04 Å². The molecule has 0 aromatic heterocycles. The molecule has 4 heteroatoms. The zero-order valence-electron chi connectivity index (χ0n) is 9.76. The van der Waals surface area contributed by atoms with Crippen molar-refractivity contribution < 1.29 is 0 Å². The minimum absolute atomic E-state index is 0.0444. The zero-order chi connectivity index (χ0) is 12.4. The minimum atomic E-state index is -2.67. The highest BCUT2D eigenvalue weighted by atomic mass is 35.8. The fourth-order valence-corrected chi connectivity index (χ4v) is 6.40. The fourth-order valence-electron chi connectivity index (χ4n) is 2.78. The van der Waals surface area contributed by atoms with Crippen LogP contribution in [0, 0.1) is 0 Å². The quantitative estimate of drug-likeness (QED) is 0.504. The lowest BCUT2D eigenvalue weighted by Crippen LogP contribution is -2.37. The third kappa shape index (κ3) is 3.20. The van der Waals surface area contributed by atoms with E-state index in [2.05, 4.69) is 24.3 Å². The van der Waals surface area contributed by atoms with Gasteiger partial charge in [0.15, 0.2) is 0 Å². The summed E-state index contributed by atoms with van der Waals surface area (Å²) in [6.45, 7) is 0. The van der Waals surface area contributed by atoms with Gasteiger partial charge in [-0.3, -0.25) is 0 Å².